The zero-order valence-corrected chi connectivity index (χ0v) is 13.0. The molecule has 1 aliphatic heterocycles. The predicted molar refractivity (Wildman–Crippen MR) is 85.7 cm³/mol. The van der Waals surface area contributed by atoms with Crippen molar-refractivity contribution in [3.05, 3.63) is 29.8 Å². The van der Waals surface area contributed by atoms with E-state index in [-0.39, 0.29) is 17.7 Å². The van der Waals surface area contributed by atoms with Crippen LogP contribution in [0.4, 0.5) is 5.69 Å². The molecule has 1 saturated heterocycles. The van der Waals surface area contributed by atoms with E-state index >= 15 is 0 Å². The topological polar surface area (TPSA) is 61.4 Å². The summed E-state index contributed by atoms with van der Waals surface area (Å²) < 4.78 is 0. The number of hydrogen-bond donors (Lipinski definition) is 2. The van der Waals surface area contributed by atoms with Crippen molar-refractivity contribution >= 4 is 17.5 Å². The molecule has 3 rings (SSSR count). The van der Waals surface area contributed by atoms with E-state index in [1.54, 1.807) is 12.1 Å². The lowest BCUT2D eigenvalue weighted by Crippen LogP contribution is -2.34. The third-order valence-electron chi connectivity index (χ3n) is 4.47. The van der Waals surface area contributed by atoms with Crippen LogP contribution in [0.15, 0.2) is 24.3 Å². The Morgan fingerprint density at radius 2 is 1.91 bits per heavy atom. The maximum absolute atomic E-state index is 12.5. The SMILES string of the molecule is CC1CC1C(=O)Nc1ccc(C(=O)N2CCCNCC2)cc1. The molecule has 118 valence electrons. The van der Waals surface area contributed by atoms with E-state index in [4.69, 9.17) is 0 Å². The molecule has 2 amide bonds. The smallest absolute Gasteiger partial charge is 0.253 e. The van der Waals surface area contributed by atoms with Crippen LogP contribution in [0.25, 0.3) is 0 Å². The summed E-state index contributed by atoms with van der Waals surface area (Å²) in [5, 5.41) is 6.21. The summed E-state index contributed by atoms with van der Waals surface area (Å²) in [5.41, 5.74) is 1.44. The Morgan fingerprint density at radius 1 is 1.18 bits per heavy atom. The Morgan fingerprint density at radius 3 is 2.59 bits per heavy atom. The lowest BCUT2D eigenvalue weighted by atomic mass is 10.1. The van der Waals surface area contributed by atoms with Gasteiger partial charge in [0.2, 0.25) is 5.91 Å². The lowest BCUT2D eigenvalue weighted by Gasteiger charge is -2.20. The van der Waals surface area contributed by atoms with Crippen LogP contribution in [0.2, 0.25) is 0 Å². The number of anilines is 1. The van der Waals surface area contributed by atoms with E-state index in [0.29, 0.717) is 11.5 Å². The number of rotatable bonds is 3. The van der Waals surface area contributed by atoms with Crippen molar-refractivity contribution < 1.29 is 9.59 Å². The Kier molecular flexibility index (Phi) is 4.43. The van der Waals surface area contributed by atoms with Gasteiger partial charge in [-0.1, -0.05) is 6.92 Å². The van der Waals surface area contributed by atoms with Gasteiger partial charge in [0.25, 0.3) is 5.91 Å². The Hall–Kier alpha value is -1.88. The van der Waals surface area contributed by atoms with E-state index < -0.39 is 0 Å². The first-order valence-electron chi connectivity index (χ1n) is 8.06. The molecule has 5 nitrogen and oxygen atoms in total. The second-order valence-corrected chi connectivity index (χ2v) is 6.28. The number of amides is 2. The molecule has 22 heavy (non-hydrogen) atoms. The summed E-state index contributed by atoms with van der Waals surface area (Å²) in [4.78, 5) is 26.2. The van der Waals surface area contributed by atoms with Gasteiger partial charge >= 0.3 is 0 Å². The Balaban J connectivity index is 1.60. The first kappa shape index (κ1) is 15.0. The number of carbonyl (C=O) groups excluding carboxylic acids is 2. The fraction of sp³-hybridized carbons (Fsp3) is 0.529. The third-order valence-corrected chi connectivity index (χ3v) is 4.47. The van der Waals surface area contributed by atoms with Gasteiger partial charge in [-0.25, -0.2) is 0 Å². The van der Waals surface area contributed by atoms with E-state index in [2.05, 4.69) is 17.6 Å². The van der Waals surface area contributed by atoms with Gasteiger partial charge in [-0.05, 0) is 49.6 Å². The monoisotopic (exact) mass is 301 g/mol. The quantitative estimate of drug-likeness (QED) is 0.893. The molecule has 0 radical (unpaired) electrons. The molecule has 1 aromatic carbocycles. The fourth-order valence-corrected chi connectivity index (χ4v) is 2.85. The van der Waals surface area contributed by atoms with Crippen molar-refractivity contribution in [3.8, 4) is 0 Å². The highest BCUT2D eigenvalue weighted by molar-refractivity contribution is 5.97. The summed E-state index contributed by atoms with van der Waals surface area (Å²) in [7, 11) is 0. The van der Waals surface area contributed by atoms with Gasteiger partial charge in [-0.15, -0.1) is 0 Å². The number of nitrogens with one attached hydrogen (secondary N) is 2. The number of carbonyl (C=O) groups is 2. The molecule has 2 N–H and O–H groups in total. The number of benzene rings is 1. The molecule has 0 spiro atoms. The van der Waals surface area contributed by atoms with Crippen molar-refractivity contribution in [2.75, 3.05) is 31.5 Å². The molecular formula is C17H23N3O2. The minimum Gasteiger partial charge on any atom is -0.337 e. The minimum absolute atomic E-state index is 0.0670. The summed E-state index contributed by atoms with van der Waals surface area (Å²) in [6.45, 7) is 5.44. The summed E-state index contributed by atoms with van der Waals surface area (Å²) in [5.74, 6) is 0.811. The van der Waals surface area contributed by atoms with Crippen LogP contribution < -0.4 is 10.6 Å². The van der Waals surface area contributed by atoms with Crippen LogP contribution in [0.3, 0.4) is 0 Å². The summed E-state index contributed by atoms with van der Waals surface area (Å²) >= 11 is 0. The normalized spacial score (nSPS) is 24.5. The molecule has 2 fully saturated rings. The van der Waals surface area contributed by atoms with E-state index in [1.807, 2.05) is 17.0 Å². The van der Waals surface area contributed by atoms with Gasteiger partial charge in [0.1, 0.15) is 0 Å². The maximum atomic E-state index is 12.5. The minimum atomic E-state index is 0.0670. The Labute approximate surface area is 131 Å². The molecule has 2 aliphatic rings. The van der Waals surface area contributed by atoms with E-state index in [1.165, 1.54) is 0 Å². The van der Waals surface area contributed by atoms with Crippen molar-refractivity contribution in [2.24, 2.45) is 11.8 Å². The van der Waals surface area contributed by atoms with Gasteiger partial charge in [0.15, 0.2) is 0 Å². The van der Waals surface area contributed by atoms with Crippen LogP contribution in [0.1, 0.15) is 30.1 Å². The van der Waals surface area contributed by atoms with Crippen LogP contribution in [-0.4, -0.2) is 42.9 Å². The molecule has 1 heterocycles. The second-order valence-electron chi connectivity index (χ2n) is 6.28. The van der Waals surface area contributed by atoms with Crippen LogP contribution >= 0.6 is 0 Å². The fourth-order valence-electron chi connectivity index (χ4n) is 2.85. The average molecular weight is 301 g/mol. The van der Waals surface area contributed by atoms with E-state index in [0.717, 1.165) is 44.7 Å². The first-order chi connectivity index (χ1) is 10.6. The third kappa shape index (κ3) is 3.47. The molecule has 0 aromatic heterocycles. The van der Waals surface area contributed by atoms with Gasteiger partial charge in [0, 0.05) is 36.8 Å². The zero-order valence-electron chi connectivity index (χ0n) is 13.0. The standard InChI is InChI=1S/C17H23N3O2/c1-12-11-15(12)16(21)19-14-5-3-13(4-6-14)17(22)20-9-2-7-18-8-10-20/h3-6,12,15,18H,2,7-11H2,1H3,(H,19,21). The molecule has 5 heteroatoms. The van der Waals surface area contributed by atoms with Crippen molar-refractivity contribution in [2.45, 2.75) is 19.8 Å². The van der Waals surface area contributed by atoms with Crippen molar-refractivity contribution in [3.63, 3.8) is 0 Å². The lowest BCUT2D eigenvalue weighted by molar-refractivity contribution is -0.117. The van der Waals surface area contributed by atoms with Crippen molar-refractivity contribution in [1.29, 1.82) is 0 Å². The molecule has 1 aliphatic carbocycles. The number of nitrogens with zero attached hydrogens (tertiary/aromatic N) is 1. The van der Waals surface area contributed by atoms with Crippen LogP contribution in [-0.2, 0) is 4.79 Å². The van der Waals surface area contributed by atoms with Gasteiger partial charge in [0.05, 0.1) is 0 Å². The zero-order chi connectivity index (χ0) is 15.5. The average Bonchev–Trinajstić information content (AvgIpc) is 3.30. The van der Waals surface area contributed by atoms with Crippen LogP contribution in [0.5, 0.6) is 0 Å². The predicted octanol–water partition coefficient (Wildman–Crippen LogP) is 1.72. The van der Waals surface area contributed by atoms with Crippen molar-refractivity contribution in [1.82, 2.24) is 10.2 Å². The highest BCUT2D eigenvalue weighted by Crippen LogP contribution is 2.38. The second kappa shape index (κ2) is 6.48. The molecular weight excluding hydrogens is 278 g/mol. The molecule has 2 unspecified atom stereocenters. The molecule has 1 aromatic rings. The van der Waals surface area contributed by atoms with E-state index in [9.17, 15) is 9.59 Å². The summed E-state index contributed by atoms with van der Waals surface area (Å²) in [6.07, 6.45) is 1.96. The molecule has 1 saturated carbocycles. The first-order valence-corrected chi connectivity index (χ1v) is 8.06. The van der Waals surface area contributed by atoms with Gasteiger partial charge in [-0.2, -0.15) is 0 Å². The van der Waals surface area contributed by atoms with Gasteiger partial charge < -0.3 is 15.5 Å². The summed E-state index contributed by atoms with van der Waals surface area (Å²) in [6, 6.07) is 7.22. The highest BCUT2D eigenvalue weighted by atomic mass is 16.2. The molecule has 0 bridgehead atoms. The van der Waals surface area contributed by atoms with Gasteiger partial charge in [-0.3, -0.25) is 9.59 Å². The maximum Gasteiger partial charge on any atom is 0.253 e. The Bertz CT molecular complexity index is 548. The molecule has 2 atom stereocenters. The highest BCUT2D eigenvalue weighted by Gasteiger charge is 2.39. The number of hydrogen-bond acceptors (Lipinski definition) is 3. The largest absolute Gasteiger partial charge is 0.337 e. The van der Waals surface area contributed by atoms with Crippen LogP contribution in [0, 0.1) is 11.8 Å².